The molecule has 0 amide bonds. The highest BCUT2D eigenvalue weighted by Gasteiger charge is 2.18. The van der Waals surface area contributed by atoms with Gasteiger partial charge in [-0.1, -0.05) is 41.9 Å². The average molecular weight is 285 g/mol. The second-order valence-electron chi connectivity index (χ2n) is 4.81. The van der Waals surface area contributed by atoms with Crippen LogP contribution in [0, 0.1) is 0 Å². The molecule has 1 N–H and O–H groups in total. The van der Waals surface area contributed by atoms with E-state index >= 15 is 0 Å². The van der Waals surface area contributed by atoms with Gasteiger partial charge in [0.15, 0.2) is 0 Å². The fourth-order valence-corrected chi connectivity index (χ4v) is 2.67. The van der Waals surface area contributed by atoms with E-state index in [0.29, 0.717) is 5.92 Å². The van der Waals surface area contributed by atoms with Crippen LogP contribution >= 0.6 is 15.9 Å². The van der Waals surface area contributed by atoms with Gasteiger partial charge in [-0.3, -0.25) is 0 Å². The minimum atomic E-state index is -0.769. The van der Waals surface area contributed by atoms with Gasteiger partial charge in [0, 0.05) is 4.47 Å². The van der Waals surface area contributed by atoms with Gasteiger partial charge < -0.3 is 5.11 Å². The van der Waals surface area contributed by atoms with E-state index < -0.39 is 5.60 Å². The third kappa shape index (κ3) is 3.08. The van der Waals surface area contributed by atoms with Crippen LogP contribution in [0.25, 0.3) is 0 Å². The predicted octanol–water partition coefficient (Wildman–Crippen LogP) is 4.58. The molecule has 0 aliphatic heterocycles. The highest BCUT2D eigenvalue weighted by Crippen LogP contribution is 2.32. The van der Waals surface area contributed by atoms with Crippen LogP contribution in [0.1, 0.15) is 57.6 Å². The Labute approximate surface area is 107 Å². The molecule has 16 heavy (non-hydrogen) atoms. The summed E-state index contributed by atoms with van der Waals surface area (Å²) in [4.78, 5) is 0. The van der Waals surface area contributed by atoms with Crippen molar-refractivity contribution in [2.45, 2.75) is 52.1 Å². The summed E-state index contributed by atoms with van der Waals surface area (Å²) in [6.07, 6.45) is 2.30. The molecule has 0 unspecified atom stereocenters. The van der Waals surface area contributed by atoms with Gasteiger partial charge in [-0.15, -0.1) is 0 Å². The van der Waals surface area contributed by atoms with Crippen LogP contribution in [0.4, 0.5) is 0 Å². The van der Waals surface area contributed by atoms with Gasteiger partial charge in [-0.25, -0.2) is 0 Å². The molecule has 0 heterocycles. The first-order valence-electron chi connectivity index (χ1n) is 5.92. The summed E-state index contributed by atoms with van der Waals surface area (Å²) >= 11 is 3.61. The second-order valence-corrected chi connectivity index (χ2v) is 5.66. The Morgan fingerprint density at radius 1 is 1.25 bits per heavy atom. The Balaban J connectivity index is 3.09. The molecule has 0 radical (unpaired) electrons. The molecule has 0 aromatic heterocycles. The molecule has 1 rings (SSSR count). The molecule has 0 saturated heterocycles. The highest BCUT2D eigenvalue weighted by molar-refractivity contribution is 9.10. The monoisotopic (exact) mass is 284 g/mol. The molecule has 0 aliphatic rings. The van der Waals surface area contributed by atoms with Gasteiger partial charge in [0.25, 0.3) is 0 Å². The van der Waals surface area contributed by atoms with Crippen LogP contribution in [-0.4, -0.2) is 5.11 Å². The summed E-state index contributed by atoms with van der Waals surface area (Å²) in [5.74, 6) is 0.602. The minimum Gasteiger partial charge on any atom is -0.386 e. The lowest BCUT2D eigenvalue weighted by Crippen LogP contribution is -2.15. The van der Waals surface area contributed by atoms with Gasteiger partial charge in [0.2, 0.25) is 0 Å². The first-order chi connectivity index (χ1) is 7.40. The topological polar surface area (TPSA) is 20.2 Å². The van der Waals surface area contributed by atoms with Crippen molar-refractivity contribution >= 4 is 15.9 Å². The Bertz CT molecular complexity index is 348. The van der Waals surface area contributed by atoms with E-state index in [1.54, 1.807) is 0 Å². The van der Waals surface area contributed by atoms with E-state index in [9.17, 15) is 5.11 Å². The number of benzene rings is 1. The Morgan fingerprint density at radius 3 is 2.19 bits per heavy atom. The van der Waals surface area contributed by atoms with Crippen molar-refractivity contribution in [3.05, 3.63) is 33.8 Å². The van der Waals surface area contributed by atoms with Crippen molar-refractivity contribution in [1.29, 1.82) is 0 Å². The summed E-state index contributed by atoms with van der Waals surface area (Å²) in [6.45, 7) is 8.05. The van der Waals surface area contributed by atoms with Crippen LogP contribution in [-0.2, 0) is 5.60 Å². The Kier molecular flexibility index (Phi) is 4.57. The van der Waals surface area contributed by atoms with Crippen molar-refractivity contribution in [2.24, 2.45) is 0 Å². The lowest BCUT2D eigenvalue weighted by atomic mass is 9.90. The molecule has 0 aliphatic carbocycles. The zero-order valence-corrected chi connectivity index (χ0v) is 12.1. The largest absolute Gasteiger partial charge is 0.386 e. The predicted molar refractivity (Wildman–Crippen MR) is 72.7 cm³/mol. The second kappa shape index (κ2) is 5.33. The van der Waals surface area contributed by atoms with E-state index in [1.165, 1.54) is 5.56 Å². The molecule has 1 aromatic rings. The number of hydrogen-bond acceptors (Lipinski definition) is 1. The van der Waals surface area contributed by atoms with Gasteiger partial charge in [-0.2, -0.15) is 0 Å². The quantitative estimate of drug-likeness (QED) is 0.858. The highest BCUT2D eigenvalue weighted by atomic mass is 79.9. The molecule has 0 bridgehead atoms. The van der Waals surface area contributed by atoms with Crippen molar-refractivity contribution in [1.82, 2.24) is 0 Å². The van der Waals surface area contributed by atoms with Crippen molar-refractivity contribution in [3.8, 4) is 0 Å². The molecular weight excluding hydrogens is 264 g/mol. The van der Waals surface area contributed by atoms with Crippen molar-refractivity contribution < 1.29 is 5.11 Å². The number of aliphatic hydroxyl groups is 1. The zero-order chi connectivity index (χ0) is 12.3. The normalized spacial score (nSPS) is 12.2. The zero-order valence-electron chi connectivity index (χ0n) is 10.5. The minimum absolute atomic E-state index is 0.602. The molecule has 2 heteroatoms. The first-order valence-corrected chi connectivity index (χ1v) is 6.71. The van der Waals surface area contributed by atoms with Crippen LogP contribution in [0.15, 0.2) is 22.7 Å². The van der Waals surface area contributed by atoms with Gasteiger partial charge in [0.05, 0.1) is 5.60 Å². The summed E-state index contributed by atoms with van der Waals surface area (Å²) in [7, 11) is 0. The van der Waals surface area contributed by atoms with E-state index in [2.05, 4.69) is 35.8 Å². The fraction of sp³-hybridized carbons (Fsp3) is 0.571. The molecule has 0 atom stereocenters. The van der Waals surface area contributed by atoms with Gasteiger partial charge in [0.1, 0.15) is 0 Å². The summed E-state index contributed by atoms with van der Waals surface area (Å²) < 4.78 is 1.11. The average Bonchev–Trinajstić information content (AvgIpc) is 2.20. The molecule has 0 spiro atoms. The van der Waals surface area contributed by atoms with E-state index in [1.807, 2.05) is 26.0 Å². The maximum atomic E-state index is 9.94. The van der Waals surface area contributed by atoms with Crippen LogP contribution < -0.4 is 0 Å². The summed E-state index contributed by atoms with van der Waals surface area (Å²) in [5.41, 5.74) is 1.53. The lowest BCUT2D eigenvalue weighted by Gasteiger charge is -2.21. The molecule has 0 saturated carbocycles. The summed E-state index contributed by atoms with van der Waals surface area (Å²) in [5, 5.41) is 9.94. The molecule has 0 fully saturated rings. The van der Waals surface area contributed by atoms with E-state index in [4.69, 9.17) is 0 Å². The van der Waals surface area contributed by atoms with Crippen molar-refractivity contribution in [3.63, 3.8) is 0 Å². The van der Waals surface area contributed by atoms with Gasteiger partial charge >= 0.3 is 0 Å². The van der Waals surface area contributed by atoms with Crippen LogP contribution in [0.5, 0.6) is 0 Å². The number of hydrogen-bond donors (Lipinski definition) is 1. The molecular formula is C14H21BrO. The van der Waals surface area contributed by atoms with Crippen LogP contribution in [0.3, 0.4) is 0 Å². The number of rotatable bonds is 4. The van der Waals surface area contributed by atoms with Crippen LogP contribution in [0.2, 0.25) is 0 Å². The summed E-state index contributed by atoms with van der Waals surface area (Å²) in [6, 6.07) is 6.20. The third-order valence-electron chi connectivity index (χ3n) is 3.13. The third-order valence-corrected chi connectivity index (χ3v) is 3.82. The van der Waals surface area contributed by atoms with Crippen molar-refractivity contribution in [2.75, 3.05) is 0 Å². The molecule has 90 valence electrons. The van der Waals surface area contributed by atoms with Gasteiger partial charge in [-0.05, 0) is 49.8 Å². The smallest absolute Gasteiger partial charge is 0.0840 e. The van der Waals surface area contributed by atoms with E-state index in [-0.39, 0.29) is 0 Å². The standard InChI is InChI=1S/C14H21BrO/c1-5-10(6-2)12-8-7-11(9-13(12)15)14(3,4)16/h7-10,16H,5-6H2,1-4H3. The lowest BCUT2D eigenvalue weighted by molar-refractivity contribution is 0.0785. The first kappa shape index (κ1) is 13.7. The maximum Gasteiger partial charge on any atom is 0.0840 e. The Morgan fingerprint density at radius 2 is 1.81 bits per heavy atom. The fourth-order valence-electron chi connectivity index (χ4n) is 1.97. The number of halogens is 1. The molecule has 1 nitrogen and oxygen atoms in total. The molecule has 1 aromatic carbocycles. The van der Waals surface area contributed by atoms with E-state index in [0.717, 1.165) is 22.9 Å². The maximum absolute atomic E-state index is 9.94. The SMILES string of the molecule is CCC(CC)c1ccc(C(C)(C)O)cc1Br. The Hall–Kier alpha value is -0.340.